The van der Waals surface area contributed by atoms with E-state index in [1.54, 1.807) is 6.92 Å². The summed E-state index contributed by atoms with van der Waals surface area (Å²) in [6, 6.07) is 4.59. The van der Waals surface area contributed by atoms with Crippen molar-refractivity contribution in [1.29, 1.82) is 0 Å². The van der Waals surface area contributed by atoms with Gasteiger partial charge in [-0.25, -0.2) is 4.79 Å². The number of carbonyl (C=O) groups excluding carboxylic acids is 2. The van der Waals surface area contributed by atoms with Gasteiger partial charge in [0.1, 0.15) is 6.04 Å². The Kier molecular flexibility index (Phi) is 3.50. The van der Waals surface area contributed by atoms with Crippen LogP contribution in [0.5, 0.6) is 0 Å². The Morgan fingerprint density at radius 2 is 2.00 bits per heavy atom. The van der Waals surface area contributed by atoms with Gasteiger partial charge in [0.25, 0.3) is 0 Å². The molecule has 96 valence electrons. The van der Waals surface area contributed by atoms with Crippen LogP contribution in [-0.2, 0) is 17.6 Å². The van der Waals surface area contributed by atoms with Gasteiger partial charge in [0.2, 0.25) is 5.91 Å². The number of amides is 3. The Balaban J connectivity index is 2.01. The van der Waals surface area contributed by atoms with Crippen molar-refractivity contribution < 1.29 is 9.59 Å². The molecule has 0 saturated heterocycles. The number of nitrogens with one attached hydrogen (secondary N) is 2. The number of fused-ring (bicyclic) bond motifs is 1. The minimum absolute atomic E-state index is 0.272. The van der Waals surface area contributed by atoms with E-state index < -0.39 is 12.1 Å². The molecule has 0 heterocycles. The third-order valence-electron chi connectivity index (χ3n) is 3.12. The molecular weight excluding hydrogens is 230 g/mol. The lowest BCUT2D eigenvalue weighted by Crippen LogP contribution is -2.44. The van der Waals surface area contributed by atoms with E-state index in [-0.39, 0.29) is 5.91 Å². The molecule has 1 aliphatic rings. The lowest BCUT2D eigenvalue weighted by atomic mass is 10.1. The maximum atomic E-state index is 11.8. The minimum Gasteiger partial charge on any atom is -0.352 e. The molecule has 0 bridgehead atoms. The number of nitrogens with two attached hydrogens (primary N) is 1. The molecule has 18 heavy (non-hydrogen) atoms. The number of hydrogen-bond donors (Lipinski definition) is 3. The van der Waals surface area contributed by atoms with Crippen molar-refractivity contribution in [2.24, 2.45) is 5.73 Å². The fourth-order valence-corrected chi connectivity index (χ4v) is 2.18. The van der Waals surface area contributed by atoms with Gasteiger partial charge in [-0.1, -0.05) is 6.07 Å². The molecule has 2 rings (SSSR count). The normalized spacial score (nSPS) is 14.7. The summed E-state index contributed by atoms with van der Waals surface area (Å²) in [5, 5.41) is 5.11. The lowest BCUT2D eigenvalue weighted by Gasteiger charge is -2.13. The van der Waals surface area contributed by atoms with Gasteiger partial charge in [-0.3, -0.25) is 4.79 Å². The Morgan fingerprint density at radius 1 is 1.28 bits per heavy atom. The van der Waals surface area contributed by atoms with E-state index in [0.717, 1.165) is 18.5 Å². The molecule has 0 spiro atoms. The molecule has 0 unspecified atom stereocenters. The van der Waals surface area contributed by atoms with Crippen LogP contribution in [0.1, 0.15) is 24.5 Å². The zero-order valence-corrected chi connectivity index (χ0v) is 10.3. The number of anilines is 1. The van der Waals surface area contributed by atoms with Crippen LogP contribution < -0.4 is 16.4 Å². The first kappa shape index (κ1) is 12.4. The second-order valence-corrected chi connectivity index (χ2v) is 4.56. The van der Waals surface area contributed by atoms with Crippen molar-refractivity contribution in [3.63, 3.8) is 0 Å². The molecule has 1 atom stereocenters. The average molecular weight is 247 g/mol. The van der Waals surface area contributed by atoms with Crippen molar-refractivity contribution >= 4 is 17.6 Å². The molecule has 3 amide bonds. The number of benzene rings is 1. The predicted molar refractivity (Wildman–Crippen MR) is 69.3 cm³/mol. The number of primary amides is 1. The molecule has 1 aromatic rings. The molecule has 0 aliphatic heterocycles. The predicted octanol–water partition coefficient (Wildman–Crippen LogP) is 1.17. The zero-order chi connectivity index (χ0) is 13.1. The summed E-state index contributed by atoms with van der Waals surface area (Å²) in [4.78, 5) is 22.4. The summed E-state index contributed by atoms with van der Waals surface area (Å²) >= 11 is 0. The fourth-order valence-electron chi connectivity index (χ4n) is 2.18. The summed E-state index contributed by atoms with van der Waals surface area (Å²) in [5.41, 5.74) is 8.38. The molecule has 5 nitrogen and oxygen atoms in total. The van der Waals surface area contributed by atoms with Crippen molar-refractivity contribution in [3.05, 3.63) is 29.3 Å². The van der Waals surface area contributed by atoms with Crippen LogP contribution in [0.3, 0.4) is 0 Å². The molecule has 0 aromatic heterocycles. The number of urea groups is 1. The van der Waals surface area contributed by atoms with Crippen LogP contribution in [0.4, 0.5) is 10.5 Å². The number of rotatable bonds is 3. The van der Waals surface area contributed by atoms with Gasteiger partial charge in [0.15, 0.2) is 0 Å². The smallest absolute Gasteiger partial charge is 0.312 e. The van der Waals surface area contributed by atoms with Crippen LogP contribution in [-0.4, -0.2) is 18.0 Å². The molecule has 0 fully saturated rings. The van der Waals surface area contributed by atoms with Gasteiger partial charge in [-0.15, -0.1) is 0 Å². The highest BCUT2D eigenvalue weighted by Gasteiger charge is 2.16. The van der Waals surface area contributed by atoms with Gasteiger partial charge in [0.05, 0.1) is 0 Å². The Bertz CT molecular complexity index is 485. The highest BCUT2D eigenvalue weighted by atomic mass is 16.2. The molecule has 1 aliphatic carbocycles. The standard InChI is InChI=1S/C13H17N3O2/c1-8(15-13(14)18)12(17)16-11-6-5-9-3-2-4-10(9)7-11/h5-8H,2-4H2,1H3,(H,16,17)(H3,14,15,18)/t8-/m0/s1. The molecule has 0 radical (unpaired) electrons. The third kappa shape index (κ3) is 2.80. The number of hydrogen-bond acceptors (Lipinski definition) is 2. The second kappa shape index (κ2) is 5.08. The van der Waals surface area contributed by atoms with Gasteiger partial charge >= 0.3 is 6.03 Å². The minimum atomic E-state index is -0.702. The monoisotopic (exact) mass is 247 g/mol. The SMILES string of the molecule is C[C@H](NC(N)=O)C(=O)Nc1ccc2c(c1)CCC2. The van der Waals surface area contributed by atoms with E-state index in [1.807, 2.05) is 18.2 Å². The molecule has 0 saturated carbocycles. The van der Waals surface area contributed by atoms with E-state index in [9.17, 15) is 9.59 Å². The summed E-state index contributed by atoms with van der Waals surface area (Å²) in [6.07, 6.45) is 3.35. The first-order valence-electron chi connectivity index (χ1n) is 6.05. The summed E-state index contributed by atoms with van der Waals surface area (Å²) < 4.78 is 0. The quantitative estimate of drug-likeness (QED) is 0.749. The fraction of sp³-hybridized carbons (Fsp3) is 0.385. The molecule has 4 N–H and O–H groups in total. The van der Waals surface area contributed by atoms with E-state index in [0.29, 0.717) is 0 Å². The Morgan fingerprint density at radius 3 is 2.72 bits per heavy atom. The van der Waals surface area contributed by atoms with Crippen LogP contribution in [0.15, 0.2) is 18.2 Å². The third-order valence-corrected chi connectivity index (χ3v) is 3.12. The van der Waals surface area contributed by atoms with Crippen molar-refractivity contribution in [2.45, 2.75) is 32.2 Å². The maximum absolute atomic E-state index is 11.8. The average Bonchev–Trinajstić information content (AvgIpc) is 2.75. The first-order valence-corrected chi connectivity index (χ1v) is 6.05. The molecule has 1 aromatic carbocycles. The van der Waals surface area contributed by atoms with Crippen LogP contribution in [0.25, 0.3) is 0 Å². The van der Waals surface area contributed by atoms with E-state index >= 15 is 0 Å². The molecular formula is C13H17N3O2. The number of aryl methyl sites for hydroxylation is 2. The summed E-state index contributed by atoms with van der Waals surface area (Å²) in [5.74, 6) is -0.272. The highest BCUT2D eigenvalue weighted by molar-refractivity contribution is 5.96. The topological polar surface area (TPSA) is 84.2 Å². The first-order chi connectivity index (χ1) is 8.56. The molecule has 5 heteroatoms. The van der Waals surface area contributed by atoms with Gasteiger partial charge < -0.3 is 16.4 Å². The van der Waals surface area contributed by atoms with Crippen molar-refractivity contribution in [2.75, 3.05) is 5.32 Å². The van der Waals surface area contributed by atoms with Crippen LogP contribution in [0.2, 0.25) is 0 Å². The van der Waals surface area contributed by atoms with E-state index in [1.165, 1.54) is 17.5 Å². The number of carbonyl (C=O) groups is 2. The van der Waals surface area contributed by atoms with Gasteiger partial charge in [-0.2, -0.15) is 0 Å². The van der Waals surface area contributed by atoms with Gasteiger partial charge in [-0.05, 0) is 49.4 Å². The lowest BCUT2D eigenvalue weighted by molar-refractivity contribution is -0.117. The zero-order valence-electron chi connectivity index (χ0n) is 10.3. The van der Waals surface area contributed by atoms with E-state index in [2.05, 4.69) is 10.6 Å². The van der Waals surface area contributed by atoms with Gasteiger partial charge in [0, 0.05) is 5.69 Å². The van der Waals surface area contributed by atoms with E-state index in [4.69, 9.17) is 5.73 Å². The Labute approximate surface area is 106 Å². The maximum Gasteiger partial charge on any atom is 0.312 e. The highest BCUT2D eigenvalue weighted by Crippen LogP contribution is 2.24. The summed E-state index contributed by atoms with van der Waals surface area (Å²) in [7, 11) is 0. The van der Waals surface area contributed by atoms with Crippen LogP contribution in [0, 0.1) is 0 Å². The van der Waals surface area contributed by atoms with Crippen LogP contribution >= 0.6 is 0 Å². The second-order valence-electron chi connectivity index (χ2n) is 4.56. The van der Waals surface area contributed by atoms with Crippen molar-refractivity contribution in [3.8, 4) is 0 Å². The largest absolute Gasteiger partial charge is 0.352 e. The van der Waals surface area contributed by atoms with Crippen molar-refractivity contribution in [1.82, 2.24) is 5.32 Å². The summed E-state index contributed by atoms with van der Waals surface area (Å²) in [6.45, 7) is 1.59. The Hall–Kier alpha value is -2.04.